The third-order valence-corrected chi connectivity index (χ3v) is 20.3. The van der Waals surface area contributed by atoms with Gasteiger partial charge in [0, 0.05) is 55.2 Å². The van der Waals surface area contributed by atoms with E-state index in [0.717, 1.165) is 249 Å². The number of pyridine rings is 2. The topological polar surface area (TPSA) is 78.1 Å². The molecule has 0 fully saturated rings. The molecule has 13 aromatic rings. The van der Waals surface area contributed by atoms with Gasteiger partial charge in [-0.05, 0) is 165 Å². The lowest BCUT2D eigenvalue weighted by molar-refractivity contribution is 0.384. The predicted octanol–water partition coefficient (Wildman–Crippen LogP) is 22.0. The van der Waals surface area contributed by atoms with Crippen LogP contribution in [0.4, 0.5) is 0 Å². The van der Waals surface area contributed by atoms with Crippen LogP contribution in [0, 0.1) is 27.7 Å². The van der Waals surface area contributed by atoms with E-state index < -0.39 is 0 Å². The quantitative estimate of drug-likeness (QED) is 0.0307. The van der Waals surface area contributed by atoms with E-state index in [1.165, 1.54) is 0 Å². The van der Waals surface area contributed by atoms with Crippen molar-refractivity contribution in [3.8, 4) is 44.5 Å². The van der Waals surface area contributed by atoms with Crippen LogP contribution in [-0.4, -0.2) is 9.13 Å². The van der Waals surface area contributed by atoms with Crippen LogP contribution in [-0.2, 0) is 0 Å². The summed E-state index contributed by atoms with van der Waals surface area (Å²) in [7, 11) is 0. The maximum absolute atomic E-state index is 16.4. The molecule has 2 heterocycles. The third-order valence-electron chi connectivity index (χ3n) is 20.3. The SMILES string of the molecule is CCCCCCC(CCCCCC)n1c(=O)c2cc3c(-c4ccc(C)cc4)c(-c4ccc(C)cc4)c4cc5c(=O)n(C(CCCCCC)CCCCCC)c(=O)c6cc7c(-c8ccc(C)cc8)c(-c8ccc(C)cc8)c8cc(c1=O)c2c1c3c4c(c56)c7c81. The maximum Gasteiger partial charge on any atom is 0.261 e. The highest BCUT2D eigenvalue weighted by atomic mass is 16.2. The number of unbranched alkanes of at least 4 members (excludes halogenated alkanes) is 12. The van der Waals surface area contributed by atoms with E-state index in [4.69, 9.17) is 0 Å². The Morgan fingerprint density at radius 1 is 0.261 bits per heavy atom. The van der Waals surface area contributed by atoms with Gasteiger partial charge in [-0.25, -0.2) is 0 Å². The van der Waals surface area contributed by atoms with E-state index in [9.17, 15) is 0 Å². The first-order chi connectivity index (χ1) is 42.9. The first-order valence-electron chi connectivity index (χ1n) is 33.8. The zero-order valence-corrected chi connectivity index (χ0v) is 53.4. The smallest absolute Gasteiger partial charge is 0.261 e. The van der Waals surface area contributed by atoms with Gasteiger partial charge in [-0.2, -0.15) is 0 Å². The summed E-state index contributed by atoms with van der Waals surface area (Å²) in [6.45, 7) is 17.4. The molecular formula is C82H86N2O4. The molecule has 0 unspecified atom stereocenters. The van der Waals surface area contributed by atoms with Crippen molar-refractivity contribution in [3.05, 3.63) is 185 Å². The fourth-order valence-electron chi connectivity index (χ4n) is 15.8. The molecule has 0 radical (unpaired) electrons. The van der Waals surface area contributed by atoms with Gasteiger partial charge in [-0.15, -0.1) is 0 Å². The second kappa shape index (κ2) is 24.5. The Bertz CT molecular complexity index is 4290. The van der Waals surface area contributed by atoms with Gasteiger partial charge in [0.2, 0.25) is 0 Å². The van der Waals surface area contributed by atoms with E-state index in [-0.39, 0.29) is 34.3 Å². The lowest BCUT2D eigenvalue weighted by Gasteiger charge is -2.30. The fraction of sp³-hybridized carbons (Fsp3) is 0.366. The molecular weight excluding hydrogens is 1080 g/mol. The van der Waals surface area contributed by atoms with Crippen molar-refractivity contribution in [1.29, 1.82) is 0 Å². The zero-order valence-electron chi connectivity index (χ0n) is 53.4. The van der Waals surface area contributed by atoms with Gasteiger partial charge >= 0.3 is 0 Å². The Labute approximate surface area is 517 Å². The summed E-state index contributed by atoms with van der Waals surface area (Å²) >= 11 is 0. The molecule has 6 nitrogen and oxygen atoms in total. The van der Waals surface area contributed by atoms with Gasteiger partial charge < -0.3 is 0 Å². The van der Waals surface area contributed by atoms with Crippen molar-refractivity contribution >= 4 is 86.2 Å². The summed E-state index contributed by atoms with van der Waals surface area (Å²) < 4.78 is 3.41. The molecule has 6 heteroatoms. The highest BCUT2D eigenvalue weighted by Gasteiger charge is 2.35. The monoisotopic (exact) mass is 1160 g/mol. The molecule has 0 atom stereocenters. The standard InChI is InChI=1S/C82H86N2O4/c1-9-13-17-21-25-57(26-22-18-14-10-2)83-79(85)63-45-59-67(53-37-29-49(5)30-38-53)69(55-41-33-51(7)34-42-55)61-47-65-72-66(82(88)84(81(65)87)58(27-23-19-15-11-3)28-24-20-16-12-4)48-62-70(56-43-35-52(8)36-44-56)68(54-39-31-50(6)32-40-54)60-46-64(80(83)86)71(63)77-73(59)75(61)78(72)76(62)74(60)77/h29-48,57-58H,9-28H2,1-8H3. The minimum Gasteiger partial charge on any atom is -0.271 e. The van der Waals surface area contributed by atoms with Gasteiger partial charge in [0.05, 0.1) is 0 Å². The van der Waals surface area contributed by atoms with Gasteiger partial charge in [0.1, 0.15) is 0 Å². The Morgan fingerprint density at radius 3 is 0.682 bits per heavy atom. The molecule has 0 amide bonds. The van der Waals surface area contributed by atoms with E-state index in [1.54, 1.807) is 9.13 Å². The lowest BCUT2D eigenvalue weighted by atomic mass is 9.73. The number of hydrogen-bond acceptors (Lipinski definition) is 4. The van der Waals surface area contributed by atoms with E-state index in [1.807, 2.05) is 0 Å². The van der Waals surface area contributed by atoms with Crippen molar-refractivity contribution < 1.29 is 0 Å². The highest BCUT2D eigenvalue weighted by Crippen LogP contribution is 2.59. The Hall–Kier alpha value is -7.96. The lowest BCUT2D eigenvalue weighted by Crippen LogP contribution is -2.37. The number of aryl methyl sites for hydroxylation is 4. The molecule has 0 aliphatic carbocycles. The van der Waals surface area contributed by atoms with Gasteiger partial charge in [0.15, 0.2) is 0 Å². The van der Waals surface area contributed by atoms with Crippen molar-refractivity contribution in [1.82, 2.24) is 9.13 Å². The minimum absolute atomic E-state index is 0.223. The molecule has 448 valence electrons. The average Bonchev–Trinajstić information content (AvgIpc) is 0.656. The van der Waals surface area contributed by atoms with Gasteiger partial charge in [0.25, 0.3) is 22.2 Å². The molecule has 0 spiro atoms. The van der Waals surface area contributed by atoms with Gasteiger partial charge in [-0.3, -0.25) is 28.3 Å². The minimum atomic E-state index is -0.265. The molecule has 11 aromatic carbocycles. The van der Waals surface area contributed by atoms with Gasteiger partial charge in [-0.1, -0.05) is 250 Å². The summed E-state index contributed by atoms with van der Waals surface area (Å²) in [6.07, 6.45) is 19.9. The van der Waals surface area contributed by atoms with Crippen LogP contribution >= 0.6 is 0 Å². The highest BCUT2D eigenvalue weighted by molar-refractivity contribution is 6.53. The molecule has 88 heavy (non-hydrogen) atoms. The Morgan fingerprint density at radius 2 is 0.477 bits per heavy atom. The third kappa shape index (κ3) is 9.92. The second-order valence-electron chi connectivity index (χ2n) is 26.5. The van der Waals surface area contributed by atoms with Crippen LogP contribution < -0.4 is 22.2 Å². The van der Waals surface area contributed by atoms with E-state index in [2.05, 4.69) is 177 Å². The first kappa shape index (κ1) is 59.0. The van der Waals surface area contributed by atoms with Crippen molar-refractivity contribution in [2.24, 2.45) is 0 Å². The molecule has 0 saturated carbocycles. The van der Waals surface area contributed by atoms with E-state index >= 15 is 19.2 Å². The summed E-state index contributed by atoms with van der Waals surface area (Å²) in [5.74, 6) is 0. The summed E-state index contributed by atoms with van der Waals surface area (Å²) in [5, 5.41) is 12.9. The van der Waals surface area contributed by atoms with Crippen LogP contribution in [0.3, 0.4) is 0 Å². The normalized spacial score (nSPS) is 12.5. The molecule has 13 rings (SSSR count). The van der Waals surface area contributed by atoms with Crippen molar-refractivity contribution in [2.45, 2.75) is 196 Å². The number of benzene rings is 11. The van der Waals surface area contributed by atoms with Crippen LogP contribution in [0.5, 0.6) is 0 Å². The number of rotatable bonds is 26. The fourth-order valence-corrected chi connectivity index (χ4v) is 15.8. The van der Waals surface area contributed by atoms with Crippen LogP contribution in [0.15, 0.2) is 141 Å². The predicted molar refractivity (Wildman–Crippen MR) is 377 cm³/mol. The largest absolute Gasteiger partial charge is 0.271 e. The van der Waals surface area contributed by atoms with E-state index in [0.29, 0.717) is 32.3 Å². The molecule has 0 bridgehead atoms. The van der Waals surface area contributed by atoms with Crippen molar-refractivity contribution in [2.75, 3.05) is 0 Å². The summed E-state index contributed by atoms with van der Waals surface area (Å²) in [5.41, 5.74) is 11.6. The summed E-state index contributed by atoms with van der Waals surface area (Å²) in [6, 6.07) is 43.2. The number of hydrogen-bond donors (Lipinski definition) is 0. The average molecular weight is 1160 g/mol. The Balaban J connectivity index is 1.32. The number of nitrogens with zero attached hydrogens (tertiary/aromatic N) is 2. The molecule has 0 N–H and O–H groups in total. The second-order valence-corrected chi connectivity index (χ2v) is 26.5. The van der Waals surface area contributed by atoms with Crippen molar-refractivity contribution in [3.63, 3.8) is 0 Å². The first-order valence-corrected chi connectivity index (χ1v) is 33.8. The number of aromatic nitrogens is 2. The zero-order chi connectivity index (χ0) is 61.1. The molecule has 0 saturated heterocycles. The molecule has 0 aliphatic rings. The van der Waals surface area contributed by atoms with Crippen LogP contribution in [0.1, 0.15) is 190 Å². The summed E-state index contributed by atoms with van der Waals surface area (Å²) in [4.78, 5) is 65.6. The van der Waals surface area contributed by atoms with Crippen LogP contribution in [0.2, 0.25) is 0 Å². The Kier molecular flexibility index (Phi) is 16.5. The van der Waals surface area contributed by atoms with Crippen LogP contribution in [0.25, 0.3) is 131 Å². The molecule has 0 aliphatic heterocycles. The molecule has 2 aromatic heterocycles. The maximum atomic E-state index is 16.4.